The van der Waals surface area contributed by atoms with Crippen molar-refractivity contribution in [2.75, 3.05) is 11.4 Å². The molecule has 0 atom stereocenters. The average molecular weight is 264 g/mol. The molecule has 5 nitrogen and oxygen atoms in total. The first kappa shape index (κ1) is 15.0. The lowest BCUT2D eigenvalue weighted by Gasteiger charge is -2.29. The van der Waals surface area contributed by atoms with Crippen molar-refractivity contribution in [2.24, 2.45) is 5.73 Å². The lowest BCUT2D eigenvalue weighted by atomic mass is 10.1. The van der Waals surface area contributed by atoms with Crippen LogP contribution in [0, 0.1) is 0 Å². The summed E-state index contributed by atoms with van der Waals surface area (Å²) in [5.74, 6) is -1.23. The first-order chi connectivity index (χ1) is 8.91. The normalized spacial score (nSPS) is 10.5. The first-order valence-electron chi connectivity index (χ1n) is 6.30. The summed E-state index contributed by atoms with van der Waals surface area (Å²) < 4.78 is 0. The largest absolute Gasteiger partial charge is 0.481 e. The van der Waals surface area contributed by atoms with Crippen molar-refractivity contribution in [1.82, 2.24) is 0 Å². The highest BCUT2D eigenvalue weighted by Gasteiger charge is 2.11. The third-order valence-electron chi connectivity index (χ3n) is 2.90. The number of carboxylic acid groups (broad SMARTS) is 1. The van der Waals surface area contributed by atoms with Crippen molar-refractivity contribution in [1.29, 1.82) is 0 Å². The Morgan fingerprint density at radius 2 is 1.84 bits per heavy atom. The summed E-state index contributed by atoms with van der Waals surface area (Å²) >= 11 is 0. The third kappa shape index (κ3) is 4.62. The summed E-state index contributed by atoms with van der Waals surface area (Å²) in [6.07, 6.45) is 0.744. The number of hydrogen-bond donors (Lipinski definition) is 2. The van der Waals surface area contributed by atoms with Gasteiger partial charge in [-0.3, -0.25) is 9.59 Å². The second kappa shape index (κ2) is 6.78. The molecule has 19 heavy (non-hydrogen) atoms. The molecule has 0 aliphatic carbocycles. The van der Waals surface area contributed by atoms with Crippen LogP contribution in [-0.4, -0.2) is 29.6 Å². The van der Waals surface area contributed by atoms with E-state index in [9.17, 15) is 9.59 Å². The molecular weight excluding hydrogens is 244 g/mol. The Bertz CT molecular complexity index is 441. The molecule has 1 aromatic carbocycles. The van der Waals surface area contributed by atoms with Crippen LogP contribution in [0.1, 0.15) is 37.0 Å². The first-order valence-corrected chi connectivity index (χ1v) is 6.30. The fourth-order valence-corrected chi connectivity index (χ4v) is 1.90. The van der Waals surface area contributed by atoms with Crippen molar-refractivity contribution >= 4 is 17.6 Å². The monoisotopic (exact) mass is 264 g/mol. The van der Waals surface area contributed by atoms with Gasteiger partial charge in [0.05, 0.1) is 0 Å². The van der Waals surface area contributed by atoms with Gasteiger partial charge in [0.2, 0.25) is 5.91 Å². The topological polar surface area (TPSA) is 83.6 Å². The molecule has 0 fully saturated rings. The number of nitrogens with two attached hydrogens (primary N) is 1. The van der Waals surface area contributed by atoms with Gasteiger partial charge in [-0.05, 0) is 44.5 Å². The van der Waals surface area contributed by atoms with Crippen LogP contribution < -0.4 is 10.6 Å². The number of nitrogens with zero attached hydrogens (tertiary/aromatic N) is 1. The van der Waals surface area contributed by atoms with E-state index in [1.807, 2.05) is 26.0 Å². The number of rotatable bonds is 7. The maximum atomic E-state index is 11.0. The highest BCUT2D eigenvalue weighted by molar-refractivity contribution is 5.93. The van der Waals surface area contributed by atoms with E-state index in [0.29, 0.717) is 18.5 Å². The zero-order valence-electron chi connectivity index (χ0n) is 11.3. The van der Waals surface area contributed by atoms with Crippen LogP contribution in [0.25, 0.3) is 0 Å². The number of carboxylic acids is 1. The maximum absolute atomic E-state index is 11.0. The fourth-order valence-electron chi connectivity index (χ4n) is 1.90. The van der Waals surface area contributed by atoms with Gasteiger partial charge in [0, 0.05) is 30.3 Å². The van der Waals surface area contributed by atoms with Gasteiger partial charge in [-0.2, -0.15) is 0 Å². The molecule has 0 saturated heterocycles. The Morgan fingerprint density at radius 3 is 2.26 bits per heavy atom. The van der Waals surface area contributed by atoms with Crippen LogP contribution in [0.3, 0.4) is 0 Å². The molecule has 1 amide bonds. The maximum Gasteiger partial charge on any atom is 0.303 e. The lowest BCUT2D eigenvalue weighted by Crippen LogP contribution is -2.32. The van der Waals surface area contributed by atoms with E-state index in [0.717, 1.165) is 5.69 Å². The molecule has 0 bridgehead atoms. The molecule has 1 rings (SSSR count). The molecule has 0 aromatic heterocycles. The van der Waals surface area contributed by atoms with Crippen LogP contribution in [0.5, 0.6) is 0 Å². The van der Waals surface area contributed by atoms with E-state index in [-0.39, 0.29) is 12.5 Å². The van der Waals surface area contributed by atoms with Crippen LogP contribution in [0.4, 0.5) is 5.69 Å². The smallest absolute Gasteiger partial charge is 0.303 e. The number of primary amides is 1. The summed E-state index contributed by atoms with van der Waals surface area (Å²) in [4.78, 5) is 23.6. The van der Waals surface area contributed by atoms with Crippen molar-refractivity contribution in [3.8, 4) is 0 Å². The Labute approximate surface area is 113 Å². The molecule has 0 heterocycles. The number of hydrogen-bond acceptors (Lipinski definition) is 3. The van der Waals surface area contributed by atoms with E-state index in [2.05, 4.69) is 4.90 Å². The SMILES string of the molecule is CC(C)N(CCCC(=O)O)c1ccc(C(N)=O)cc1. The minimum atomic E-state index is -0.784. The lowest BCUT2D eigenvalue weighted by molar-refractivity contribution is -0.137. The molecule has 0 aliphatic heterocycles. The zero-order chi connectivity index (χ0) is 14.4. The molecule has 104 valence electrons. The third-order valence-corrected chi connectivity index (χ3v) is 2.90. The predicted molar refractivity (Wildman–Crippen MR) is 74.3 cm³/mol. The van der Waals surface area contributed by atoms with Crippen LogP contribution in [-0.2, 0) is 4.79 Å². The molecule has 5 heteroatoms. The minimum Gasteiger partial charge on any atom is -0.481 e. The summed E-state index contributed by atoms with van der Waals surface area (Å²) in [6.45, 7) is 4.76. The number of anilines is 1. The quantitative estimate of drug-likeness (QED) is 0.787. The molecule has 0 radical (unpaired) electrons. The van der Waals surface area contributed by atoms with Gasteiger partial charge < -0.3 is 15.7 Å². The average Bonchev–Trinajstić information content (AvgIpc) is 2.34. The minimum absolute atomic E-state index is 0.155. The van der Waals surface area contributed by atoms with Gasteiger partial charge in [0.1, 0.15) is 0 Å². The highest BCUT2D eigenvalue weighted by atomic mass is 16.4. The summed E-state index contributed by atoms with van der Waals surface area (Å²) in [6, 6.07) is 7.30. The van der Waals surface area contributed by atoms with Gasteiger partial charge in [-0.15, -0.1) is 0 Å². The number of carbonyl (C=O) groups excluding carboxylic acids is 1. The standard InChI is InChI=1S/C14H20N2O3/c1-10(2)16(9-3-4-13(17)18)12-7-5-11(6-8-12)14(15)19/h5-8,10H,3-4,9H2,1-2H3,(H2,15,19)(H,17,18). The Kier molecular flexibility index (Phi) is 5.36. The number of aliphatic carboxylic acids is 1. The van der Waals surface area contributed by atoms with Crippen LogP contribution in [0.2, 0.25) is 0 Å². The van der Waals surface area contributed by atoms with E-state index in [1.54, 1.807) is 12.1 Å². The number of carbonyl (C=O) groups is 2. The summed E-state index contributed by atoms with van der Waals surface area (Å²) in [5, 5.41) is 8.66. The predicted octanol–water partition coefficient (Wildman–Crippen LogP) is 1.87. The summed E-state index contributed by atoms with van der Waals surface area (Å²) in [7, 11) is 0. The van der Waals surface area contributed by atoms with E-state index >= 15 is 0 Å². The Hall–Kier alpha value is -2.04. The number of benzene rings is 1. The van der Waals surface area contributed by atoms with Crippen molar-refractivity contribution in [2.45, 2.75) is 32.7 Å². The highest BCUT2D eigenvalue weighted by Crippen LogP contribution is 2.18. The van der Waals surface area contributed by atoms with Crippen molar-refractivity contribution < 1.29 is 14.7 Å². The molecule has 0 spiro atoms. The van der Waals surface area contributed by atoms with Crippen molar-refractivity contribution in [3.63, 3.8) is 0 Å². The number of amides is 1. The molecule has 1 aromatic rings. The Balaban J connectivity index is 2.75. The zero-order valence-corrected chi connectivity index (χ0v) is 11.3. The van der Waals surface area contributed by atoms with Gasteiger partial charge in [-0.1, -0.05) is 0 Å². The van der Waals surface area contributed by atoms with Gasteiger partial charge in [-0.25, -0.2) is 0 Å². The van der Waals surface area contributed by atoms with E-state index < -0.39 is 11.9 Å². The molecule has 0 aliphatic rings. The van der Waals surface area contributed by atoms with Crippen LogP contribution >= 0.6 is 0 Å². The van der Waals surface area contributed by atoms with Gasteiger partial charge >= 0.3 is 5.97 Å². The van der Waals surface area contributed by atoms with Crippen LogP contribution in [0.15, 0.2) is 24.3 Å². The molecule has 0 unspecified atom stereocenters. The molecule has 0 saturated carbocycles. The molecule has 3 N–H and O–H groups in total. The Morgan fingerprint density at radius 1 is 1.26 bits per heavy atom. The fraction of sp³-hybridized carbons (Fsp3) is 0.429. The second-order valence-corrected chi connectivity index (χ2v) is 4.70. The molecular formula is C14H20N2O3. The van der Waals surface area contributed by atoms with E-state index in [1.165, 1.54) is 0 Å². The van der Waals surface area contributed by atoms with Gasteiger partial charge in [0.25, 0.3) is 0 Å². The van der Waals surface area contributed by atoms with Gasteiger partial charge in [0.15, 0.2) is 0 Å². The summed E-state index contributed by atoms with van der Waals surface area (Å²) in [5.41, 5.74) is 6.63. The second-order valence-electron chi connectivity index (χ2n) is 4.70. The van der Waals surface area contributed by atoms with Crippen molar-refractivity contribution in [3.05, 3.63) is 29.8 Å². The van der Waals surface area contributed by atoms with E-state index in [4.69, 9.17) is 10.8 Å².